The van der Waals surface area contributed by atoms with Gasteiger partial charge in [-0.25, -0.2) is 10.8 Å². The number of fused-ring (bicyclic) bond motifs is 1. The highest BCUT2D eigenvalue weighted by molar-refractivity contribution is 6.41. The van der Waals surface area contributed by atoms with E-state index in [9.17, 15) is 18.0 Å². The van der Waals surface area contributed by atoms with Crippen LogP contribution >= 0.6 is 0 Å². The molecule has 5 nitrogen and oxygen atoms in total. The largest absolute Gasteiger partial charge is 0.416 e. The Balaban J connectivity index is 2.21. The fourth-order valence-corrected chi connectivity index (χ4v) is 2.47. The lowest BCUT2D eigenvalue weighted by Crippen LogP contribution is -2.37. The molecule has 0 saturated carbocycles. The number of halogens is 3. The predicted octanol–water partition coefficient (Wildman–Crippen LogP) is 2.62. The molecule has 1 aliphatic rings. The Morgan fingerprint density at radius 3 is 2.48 bits per heavy atom. The van der Waals surface area contributed by atoms with Crippen LogP contribution in [-0.4, -0.2) is 23.9 Å². The molecule has 2 aromatic rings. The molecule has 3 N–H and O–H groups in total. The Bertz CT molecular complexity index is 873. The number of rotatable bonds is 2. The first-order valence-corrected chi connectivity index (χ1v) is 7.30. The van der Waals surface area contributed by atoms with Crippen LogP contribution in [0.1, 0.15) is 16.7 Å². The molecule has 0 fully saturated rings. The van der Waals surface area contributed by atoms with E-state index in [-0.39, 0.29) is 23.5 Å². The van der Waals surface area contributed by atoms with Gasteiger partial charge in [-0.3, -0.25) is 15.2 Å². The highest BCUT2D eigenvalue weighted by Gasteiger charge is 2.32. The average Bonchev–Trinajstić information content (AvgIpc) is 2.80. The fourth-order valence-electron chi connectivity index (χ4n) is 2.47. The summed E-state index contributed by atoms with van der Waals surface area (Å²) in [7, 11) is 0. The molecule has 1 heterocycles. The van der Waals surface area contributed by atoms with Crippen molar-refractivity contribution >= 4 is 23.0 Å². The molecule has 0 radical (unpaired) electrons. The number of alkyl halides is 3. The maximum Gasteiger partial charge on any atom is 0.416 e. The van der Waals surface area contributed by atoms with Crippen LogP contribution in [0.3, 0.4) is 0 Å². The van der Waals surface area contributed by atoms with Crippen molar-refractivity contribution < 1.29 is 18.0 Å². The number of carbonyl (C=O) groups excluding carboxylic acids is 1. The van der Waals surface area contributed by atoms with E-state index in [2.05, 4.69) is 9.98 Å². The average molecular weight is 346 g/mol. The second-order valence-corrected chi connectivity index (χ2v) is 5.29. The van der Waals surface area contributed by atoms with Gasteiger partial charge in [0.2, 0.25) is 0 Å². The second-order valence-electron chi connectivity index (χ2n) is 5.29. The van der Waals surface area contributed by atoms with Crippen LogP contribution in [0.5, 0.6) is 0 Å². The summed E-state index contributed by atoms with van der Waals surface area (Å²) in [4.78, 5) is 20.2. The molecule has 0 aliphatic carbocycles. The molecule has 0 atom stereocenters. The van der Waals surface area contributed by atoms with E-state index in [0.717, 1.165) is 12.1 Å². The summed E-state index contributed by atoms with van der Waals surface area (Å²) in [6.07, 6.45) is -4.50. The Labute approximate surface area is 141 Å². The van der Waals surface area contributed by atoms with Crippen LogP contribution < -0.4 is 11.3 Å². The zero-order chi connectivity index (χ0) is 18.0. The first-order chi connectivity index (χ1) is 11.9. The van der Waals surface area contributed by atoms with Gasteiger partial charge in [-0.15, -0.1) is 0 Å². The van der Waals surface area contributed by atoms with Gasteiger partial charge in [0.1, 0.15) is 5.71 Å². The molecule has 1 amide bonds. The summed E-state index contributed by atoms with van der Waals surface area (Å²) >= 11 is 0. The van der Waals surface area contributed by atoms with Gasteiger partial charge in [-0.2, -0.15) is 13.2 Å². The Morgan fingerprint density at radius 1 is 1.12 bits per heavy atom. The van der Waals surface area contributed by atoms with Crippen molar-refractivity contribution in [2.75, 3.05) is 6.54 Å². The number of carbonyl (C=O) groups is 1. The molecule has 8 heteroatoms. The van der Waals surface area contributed by atoms with Gasteiger partial charge in [0.05, 0.1) is 23.5 Å². The van der Waals surface area contributed by atoms with Crippen molar-refractivity contribution in [2.24, 2.45) is 15.8 Å². The molecular formula is C17H13F3N4O. The second kappa shape index (κ2) is 6.48. The van der Waals surface area contributed by atoms with E-state index in [4.69, 9.17) is 5.84 Å². The lowest BCUT2D eigenvalue weighted by molar-refractivity contribution is -0.137. The SMILES string of the molecule is NNC(=O)C1=Nc2ccc(C(F)(F)F)cc2C(c2ccccc2)=NC1. The minimum absolute atomic E-state index is 0.0226. The minimum atomic E-state index is -4.50. The van der Waals surface area contributed by atoms with Crippen LogP contribution in [0, 0.1) is 0 Å². The van der Waals surface area contributed by atoms with Gasteiger partial charge < -0.3 is 0 Å². The van der Waals surface area contributed by atoms with E-state index in [1.807, 2.05) is 5.43 Å². The fraction of sp³-hybridized carbons (Fsp3) is 0.118. The van der Waals surface area contributed by atoms with Gasteiger partial charge in [0.15, 0.2) is 0 Å². The van der Waals surface area contributed by atoms with Crippen molar-refractivity contribution in [3.8, 4) is 0 Å². The van der Waals surface area contributed by atoms with Crippen molar-refractivity contribution in [3.05, 3.63) is 65.2 Å². The number of nitrogens with two attached hydrogens (primary N) is 1. The number of amides is 1. The monoisotopic (exact) mass is 346 g/mol. The van der Waals surface area contributed by atoms with E-state index >= 15 is 0 Å². The third kappa shape index (κ3) is 3.43. The van der Waals surface area contributed by atoms with Gasteiger partial charge in [-0.05, 0) is 18.2 Å². The van der Waals surface area contributed by atoms with Crippen LogP contribution in [-0.2, 0) is 11.0 Å². The van der Waals surface area contributed by atoms with Crippen LogP contribution in [0.4, 0.5) is 18.9 Å². The first-order valence-electron chi connectivity index (χ1n) is 7.30. The molecule has 0 unspecified atom stereocenters. The molecule has 128 valence electrons. The zero-order valence-electron chi connectivity index (χ0n) is 12.8. The van der Waals surface area contributed by atoms with E-state index in [0.29, 0.717) is 11.3 Å². The first kappa shape index (κ1) is 16.8. The summed E-state index contributed by atoms with van der Waals surface area (Å²) in [6.45, 7) is -0.0940. The van der Waals surface area contributed by atoms with Gasteiger partial charge in [-0.1, -0.05) is 30.3 Å². The molecule has 0 aromatic heterocycles. The molecule has 0 spiro atoms. The molecular weight excluding hydrogens is 333 g/mol. The maximum atomic E-state index is 13.1. The van der Waals surface area contributed by atoms with Crippen LogP contribution in [0.25, 0.3) is 0 Å². The molecule has 0 bridgehead atoms. The number of aliphatic imine (C=N–C) groups is 2. The summed E-state index contributed by atoms with van der Waals surface area (Å²) in [5, 5.41) is 0. The standard InChI is InChI=1S/C17H13F3N4O/c18-17(19,20)11-6-7-13-12(8-11)15(10-4-2-1-3-5-10)22-9-14(23-13)16(25)24-21/h1-8H,9,21H2,(H,24,25). The highest BCUT2D eigenvalue weighted by Crippen LogP contribution is 2.34. The van der Waals surface area contributed by atoms with Gasteiger partial charge in [0.25, 0.3) is 5.91 Å². The lowest BCUT2D eigenvalue weighted by Gasteiger charge is -2.12. The van der Waals surface area contributed by atoms with Crippen LogP contribution in [0.2, 0.25) is 0 Å². The number of nitrogens with one attached hydrogen (secondary N) is 1. The molecule has 2 aromatic carbocycles. The quantitative estimate of drug-likeness (QED) is 0.498. The van der Waals surface area contributed by atoms with Crippen molar-refractivity contribution in [3.63, 3.8) is 0 Å². The summed E-state index contributed by atoms with van der Waals surface area (Å²) in [5.74, 6) is 4.49. The zero-order valence-corrected chi connectivity index (χ0v) is 12.8. The lowest BCUT2D eigenvalue weighted by atomic mass is 9.98. The Kier molecular flexibility index (Phi) is 4.37. The highest BCUT2D eigenvalue weighted by atomic mass is 19.4. The van der Waals surface area contributed by atoms with Crippen molar-refractivity contribution in [1.29, 1.82) is 0 Å². The third-order valence-electron chi connectivity index (χ3n) is 3.66. The normalized spacial score (nSPS) is 14.1. The van der Waals surface area contributed by atoms with Crippen molar-refractivity contribution in [2.45, 2.75) is 6.18 Å². The molecule has 0 saturated heterocycles. The molecule has 3 rings (SSSR count). The Hall–Kier alpha value is -3.00. The maximum absolute atomic E-state index is 13.1. The minimum Gasteiger partial charge on any atom is -0.289 e. The van der Waals surface area contributed by atoms with E-state index in [1.165, 1.54) is 6.07 Å². The number of hydrogen-bond donors (Lipinski definition) is 2. The van der Waals surface area contributed by atoms with E-state index < -0.39 is 17.6 Å². The molecule has 25 heavy (non-hydrogen) atoms. The summed E-state index contributed by atoms with van der Waals surface area (Å²) < 4.78 is 39.3. The number of hydrogen-bond acceptors (Lipinski definition) is 4. The summed E-state index contributed by atoms with van der Waals surface area (Å²) in [6, 6.07) is 11.9. The number of hydrazine groups is 1. The topological polar surface area (TPSA) is 79.8 Å². The number of benzene rings is 2. The van der Waals surface area contributed by atoms with Crippen molar-refractivity contribution in [1.82, 2.24) is 5.43 Å². The number of nitrogens with zero attached hydrogens (tertiary/aromatic N) is 2. The van der Waals surface area contributed by atoms with Gasteiger partial charge >= 0.3 is 6.18 Å². The van der Waals surface area contributed by atoms with E-state index in [1.54, 1.807) is 30.3 Å². The summed E-state index contributed by atoms with van der Waals surface area (Å²) in [5.41, 5.74) is 2.59. The van der Waals surface area contributed by atoms with Gasteiger partial charge in [0, 0.05) is 11.1 Å². The Morgan fingerprint density at radius 2 is 1.84 bits per heavy atom. The predicted molar refractivity (Wildman–Crippen MR) is 87.8 cm³/mol. The third-order valence-corrected chi connectivity index (χ3v) is 3.66. The smallest absolute Gasteiger partial charge is 0.289 e. The van der Waals surface area contributed by atoms with Crippen LogP contribution in [0.15, 0.2) is 58.5 Å². The molecule has 1 aliphatic heterocycles.